The van der Waals surface area contributed by atoms with Crippen molar-refractivity contribution in [2.24, 2.45) is 5.92 Å². The predicted molar refractivity (Wildman–Crippen MR) is 111 cm³/mol. The van der Waals surface area contributed by atoms with Crippen molar-refractivity contribution >= 4 is 5.97 Å². The molecule has 9 heteroatoms. The van der Waals surface area contributed by atoms with E-state index >= 15 is 0 Å². The van der Waals surface area contributed by atoms with Crippen molar-refractivity contribution < 1.29 is 28.5 Å². The number of morpholine rings is 1. The molecule has 2 fully saturated rings. The summed E-state index contributed by atoms with van der Waals surface area (Å²) in [4.78, 5) is 14.4. The highest BCUT2D eigenvalue weighted by Crippen LogP contribution is 2.41. The minimum absolute atomic E-state index is 0.0268. The van der Waals surface area contributed by atoms with E-state index in [0.29, 0.717) is 43.5 Å². The number of methoxy groups -OCH3 is 3. The number of esters is 1. The Morgan fingerprint density at radius 1 is 1.20 bits per heavy atom. The summed E-state index contributed by atoms with van der Waals surface area (Å²) in [5.74, 6) is 1.95. The molecule has 1 aromatic carbocycles. The molecule has 0 radical (unpaired) electrons. The quantitative estimate of drug-likeness (QED) is 0.567. The molecular formula is C21H33N3O6. The second kappa shape index (κ2) is 10.8. The zero-order chi connectivity index (χ0) is 21.5. The van der Waals surface area contributed by atoms with Crippen molar-refractivity contribution in [1.82, 2.24) is 15.8 Å². The van der Waals surface area contributed by atoms with Gasteiger partial charge in [0, 0.05) is 31.6 Å². The lowest BCUT2D eigenvalue weighted by Crippen LogP contribution is -2.49. The second-order valence-electron chi connectivity index (χ2n) is 7.45. The van der Waals surface area contributed by atoms with Crippen molar-refractivity contribution in [2.45, 2.75) is 25.4 Å². The normalized spacial score (nSPS) is 24.5. The van der Waals surface area contributed by atoms with Gasteiger partial charge in [-0.25, -0.2) is 5.43 Å². The van der Waals surface area contributed by atoms with Gasteiger partial charge in [-0.15, -0.1) is 0 Å². The summed E-state index contributed by atoms with van der Waals surface area (Å²) in [6.07, 6.45) is 0.344. The number of carbonyl (C=O) groups excluding carboxylic acids is 1. The van der Waals surface area contributed by atoms with Gasteiger partial charge >= 0.3 is 5.97 Å². The van der Waals surface area contributed by atoms with Crippen LogP contribution in [0.25, 0.3) is 0 Å². The Balaban J connectivity index is 1.76. The fraction of sp³-hybridized carbons (Fsp3) is 0.667. The average Bonchev–Trinajstić information content (AvgIpc) is 3.22. The van der Waals surface area contributed by atoms with Crippen LogP contribution < -0.4 is 25.1 Å². The lowest BCUT2D eigenvalue weighted by Gasteiger charge is -2.37. The van der Waals surface area contributed by atoms with E-state index < -0.39 is 0 Å². The molecule has 0 saturated carbocycles. The van der Waals surface area contributed by atoms with E-state index in [1.54, 1.807) is 21.3 Å². The van der Waals surface area contributed by atoms with E-state index in [-0.39, 0.29) is 24.0 Å². The average molecular weight is 424 g/mol. The first-order valence-corrected chi connectivity index (χ1v) is 10.4. The first-order chi connectivity index (χ1) is 14.6. The van der Waals surface area contributed by atoms with Crippen LogP contribution >= 0.6 is 0 Å². The molecule has 2 N–H and O–H groups in total. The van der Waals surface area contributed by atoms with Crippen molar-refractivity contribution in [1.29, 1.82) is 0 Å². The number of benzene rings is 1. The molecule has 0 spiro atoms. The number of hydrogen-bond donors (Lipinski definition) is 2. The molecule has 0 bridgehead atoms. The van der Waals surface area contributed by atoms with Gasteiger partial charge in [-0.05, 0) is 24.6 Å². The highest BCUT2D eigenvalue weighted by atomic mass is 16.5. The molecule has 2 aliphatic heterocycles. The topological polar surface area (TPSA) is 90.5 Å². The molecule has 2 heterocycles. The van der Waals surface area contributed by atoms with Gasteiger partial charge in [0.25, 0.3) is 0 Å². The first kappa shape index (κ1) is 22.6. The van der Waals surface area contributed by atoms with Crippen LogP contribution in [0.4, 0.5) is 0 Å². The summed E-state index contributed by atoms with van der Waals surface area (Å²) < 4.78 is 27.2. The summed E-state index contributed by atoms with van der Waals surface area (Å²) >= 11 is 0. The third-order valence-corrected chi connectivity index (χ3v) is 5.67. The van der Waals surface area contributed by atoms with Crippen LogP contribution in [0.2, 0.25) is 0 Å². The fourth-order valence-corrected chi connectivity index (χ4v) is 4.17. The van der Waals surface area contributed by atoms with Gasteiger partial charge in [-0.2, -0.15) is 0 Å². The van der Waals surface area contributed by atoms with Gasteiger partial charge in [0.15, 0.2) is 11.5 Å². The van der Waals surface area contributed by atoms with Crippen LogP contribution in [-0.2, 0) is 14.3 Å². The molecule has 9 nitrogen and oxygen atoms in total. The number of hydrogen-bond acceptors (Lipinski definition) is 9. The maximum absolute atomic E-state index is 12.0. The number of nitrogens with one attached hydrogen (secondary N) is 2. The number of carbonyl (C=O) groups is 1. The molecule has 1 aromatic rings. The molecule has 3 unspecified atom stereocenters. The summed E-state index contributed by atoms with van der Waals surface area (Å²) in [7, 11) is 4.83. The van der Waals surface area contributed by atoms with Crippen LogP contribution in [0, 0.1) is 5.92 Å². The van der Waals surface area contributed by atoms with Crippen molar-refractivity contribution in [2.75, 3.05) is 60.8 Å². The van der Waals surface area contributed by atoms with E-state index in [1.807, 2.05) is 19.1 Å². The molecule has 0 amide bonds. The largest absolute Gasteiger partial charge is 0.493 e. The van der Waals surface area contributed by atoms with Gasteiger partial charge < -0.3 is 23.7 Å². The third kappa shape index (κ3) is 5.15. The van der Waals surface area contributed by atoms with Crippen molar-refractivity contribution in [3.8, 4) is 17.2 Å². The Morgan fingerprint density at radius 2 is 1.93 bits per heavy atom. The van der Waals surface area contributed by atoms with Gasteiger partial charge in [0.2, 0.25) is 5.75 Å². The number of ether oxygens (including phenoxy) is 5. The molecule has 2 saturated heterocycles. The Hall–Kier alpha value is -2.07. The van der Waals surface area contributed by atoms with Gasteiger partial charge in [-0.3, -0.25) is 15.1 Å². The van der Waals surface area contributed by atoms with Gasteiger partial charge in [0.1, 0.15) is 0 Å². The molecule has 0 aliphatic carbocycles. The van der Waals surface area contributed by atoms with Crippen LogP contribution in [0.3, 0.4) is 0 Å². The Kier molecular flexibility index (Phi) is 8.15. The van der Waals surface area contributed by atoms with Crippen LogP contribution in [-0.4, -0.2) is 77.7 Å². The monoisotopic (exact) mass is 423 g/mol. The minimum Gasteiger partial charge on any atom is -0.493 e. The molecule has 3 rings (SSSR count). The maximum Gasteiger partial charge on any atom is 0.307 e. The fourth-order valence-electron chi connectivity index (χ4n) is 4.17. The molecule has 0 aromatic heterocycles. The molecule has 168 valence electrons. The van der Waals surface area contributed by atoms with Crippen molar-refractivity contribution in [3.63, 3.8) is 0 Å². The zero-order valence-corrected chi connectivity index (χ0v) is 18.2. The lowest BCUT2D eigenvalue weighted by atomic mass is 9.93. The van der Waals surface area contributed by atoms with Crippen LogP contribution in [0.1, 0.15) is 24.9 Å². The highest BCUT2D eigenvalue weighted by Gasteiger charge is 2.35. The van der Waals surface area contributed by atoms with E-state index in [1.165, 1.54) is 0 Å². The van der Waals surface area contributed by atoms with Gasteiger partial charge in [-0.1, -0.05) is 0 Å². The Bertz CT molecular complexity index is 691. The third-order valence-electron chi connectivity index (χ3n) is 5.67. The minimum atomic E-state index is -0.179. The molecule has 2 aliphatic rings. The summed E-state index contributed by atoms with van der Waals surface area (Å²) in [6, 6.07) is 4.05. The van der Waals surface area contributed by atoms with E-state index in [9.17, 15) is 4.79 Å². The summed E-state index contributed by atoms with van der Waals surface area (Å²) in [6.45, 7) is 5.86. The van der Waals surface area contributed by atoms with Gasteiger partial charge in [0.05, 0.1) is 53.6 Å². The molecular weight excluding hydrogens is 390 g/mol. The summed E-state index contributed by atoms with van der Waals surface area (Å²) in [5, 5.41) is 0. The standard InChI is InChI=1S/C21H33N3O6/c1-5-30-19(25)10-16-13-29-7-6-24(16)12-15-11-22-23-20(15)14-8-17(26-2)21(28-4)18(9-14)27-3/h8-9,15-16,20,22-23H,5-7,10-13H2,1-4H3. The van der Waals surface area contributed by atoms with Crippen LogP contribution in [0.5, 0.6) is 17.2 Å². The second-order valence-corrected chi connectivity index (χ2v) is 7.45. The number of rotatable bonds is 9. The molecule has 30 heavy (non-hydrogen) atoms. The lowest BCUT2D eigenvalue weighted by molar-refractivity contribution is -0.146. The summed E-state index contributed by atoms with van der Waals surface area (Å²) in [5.41, 5.74) is 7.71. The zero-order valence-electron chi connectivity index (χ0n) is 18.2. The Labute approximate surface area is 177 Å². The highest BCUT2D eigenvalue weighted by molar-refractivity contribution is 5.70. The molecule has 3 atom stereocenters. The van der Waals surface area contributed by atoms with E-state index in [4.69, 9.17) is 23.7 Å². The number of nitrogens with zero attached hydrogens (tertiary/aromatic N) is 1. The maximum atomic E-state index is 12.0. The SMILES string of the molecule is CCOC(=O)CC1COCCN1CC1CNNC1c1cc(OC)c(OC)c(OC)c1. The predicted octanol–water partition coefficient (Wildman–Crippen LogP) is 1.13. The number of hydrazine groups is 1. The smallest absolute Gasteiger partial charge is 0.307 e. The van der Waals surface area contributed by atoms with Crippen molar-refractivity contribution in [3.05, 3.63) is 17.7 Å². The Morgan fingerprint density at radius 3 is 2.57 bits per heavy atom. The first-order valence-electron chi connectivity index (χ1n) is 10.4. The van der Waals surface area contributed by atoms with E-state index in [0.717, 1.165) is 25.2 Å². The van der Waals surface area contributed by atoms with Crippen LogP contribution in [0.15, 0.2) is 12.1 Å². The van der Waals surface area contributed by atoms with E-state index in [2.05, 4.69) is 15.8 Å².